The number of benzene rings is 2. The number of nitrogens with two attached hydrogens (primary N) is 1. The molecule has 0 fully saturated rings. The number of amides is 3. The van der Waals surface area contributed by atoms with Gasteiger partial charge in [0.1, 0.15) is 6.04 Å². The van der Waals surface area contributed by atoms with E-state index >= 15 is 0 Å². The maximum absolute atomic E-state index is 13.3. The van der Waals surface area contributed by atoms with Gasteiger partial charge in [-0.25, -0.2) is 13.6 Å². The van der Waals surface area contributed by atoms with Crippen LogP contribution >= 0.6 is 0 Å². The standard InChI is InChI=1S/C21H25F2N3O4/c1-4-29-18-9-7-15(11-19(18)30-5-2)25-21(28)26-20(27)12-24-13(3)14-6-8-16(22)17(23)10-14/h6-11,13,24H,4-5,12H2,1-3H3,(H2,25,26,27,28)/p+1/t13-/m1/s1. The first-order chi connectivity index (χ1) is 14.3. The van der Waals surface area contributed by atoms with Crippen molar-refractivity contribution in [2.24, 2.45) is 0 Å². The summed E-state index contributed by atoms with van der Waals surface area (Å²) < 4.78 is 37.3. The van der Waals surface area contributed by atoms with Gasteiger partial charge in [-0.2, -0.15) is 0 Å². The van der Waals surface area contributed by atoms with E-state index in [4.69, 9.17) is 9.47 Å². The molecule has 0 radical (unpaired) electrons. The molecule has 3 amide bonds. The Bertz CT molecular complexity index is 893. The van der Waals surface area contributed by atoms with Crippen LogP contribution in [0, 0.1) is 11.6 Å². The highest BCUT2D eigenvalue weighted by molar-refractivity contribution is 6.01. The molecule has 0 spiro atoms. The third-order valence-electron chi connectivity index (χ3n) is 4.18. The van der Waals surface area contributed by atoms with Gasteiger partial charge in [0.15, 0.2) is 29.7 Å². The van der Waals surface area contributed by atoms with Crippen molar-refractivity contribution in [1.82, 2.24) is 5.32 Å². The summed E-state index contributed by atoms with van der Waals surface area (Å²) in [4.78, 5) is 24.1. The third-order valence-corrected chi connectivity index (χ3v) is 4.18. The lowest BCUT2D eigenvalue weighted by atomic mass is 10.1. The zero-order valence-electron chi connectivity index (χ0n) is 17.1. The number of hydrogen-bond acceptors (Lipinski definition) is 4. The predicted octanol–water partition coefficient (Wildman–Crippen LogP) is 2.73. The fourth-order valence-corrected chi connectivity index (χ4v) is 2.68. The maximum atomic E-state index is 13.3. The second kappa shape index (κ2) is 11.1. The summed E-state index contributed by atoms with van der Waals surface area (Å²) >= 11 is 0. The second-order valence-corrected chi connectivity index (χ2v) is 6.43. The number of carbonyl (C=O) groups is 2. The molecule has 4 N–H and O–H groups in total. The van der Waals surface area contributed by atoms with Gasteiger partial charge in [0.05, 0.1) is 13.2 Å². The molecule has 0 aliphatic rings. The number of ether oxygens (including phenoxy) is 2. The van der Waals surface area contributed by atoms with Gasteiger partial charge in [-0.1, -0.05) is 0 Å². The molecular formula is C21H26F2N3O4+. The lowest BCUT2D eigenvalue weighted by molar-refractivity contribution is -0.682. The summed E-state index contributed by atoms with van der Waals surface area (Å²) in [7, 11) is 0. The van der Waals surface area contributed by atoms with Gasteiger partial charge in [0.2, 0.25) is 0 Å². The summed E-state index contributed by atoms with van der Waals surface area (Å²) in [5, 5.41) is 6.39. The molecule has 1 atom stereocenters. The van der Waals surface area contributed by atoms with Gasteiger partial charge in [0.25, 0.3) is 5.91 Å². The molecular weight excluding hydrogens is 396 g/mol. The predicted molar refractivity (Wildman–Crippen MR) is 108 cm³/mol. The average molecular weight is 422 g/mol. The highest BCUT2D eigenvalue weighted by atomic mass is 19.2. The van der Waals surface area contributed by atoms with Crippen LogP contribution in [0.5, 0.6) is 11.5 Å². The second-order valence-electron chi connectivity index (χ2n) is 6.43. The van der Waals surface area contributed by atoms with Gasteiger partial charge in [0, 0.05) is 17.3 Å². The first-order valence-corrected chi connectivity index (χ1v) is 9.62. The van der Waals surface area contributed by atoms with Crippen LogP contribution in [0.4, 0.5) is 19.3 Å². The molecule has 0 saturated heterocycles. The molecule has 0 aromatic heterocycles. The van der Waals surface area contributed by atoms with Gasteiger partial charge < -0.3 is 20.1 Å². The smallest absolute Gasteiger partial charge is 0.326 e. The van der Waals surface area contributed by atoms with Crippen LogP contribution in [0.3, 0.4) is 0 Å². The van der Waals surface area contributed by atoms with Crippen molar-refractivity contribution >= 4 is 17.6 Å². The Labute approximate surface area is 173 Å². The Hall–Kier alpha value is -3.20. The molecule has 0 heterocycles. The number of imide groups is 1. The van der Waals surface area contributed by atoms with Crippen molar-refractivity contribution in [3.05, 3.63) is 53.6 Å². The topological polar surface area (TPSA) is 93.3 Å². The molecule has 0 aliphatic heterocycles. The van der Waals surface area contributed by atoms with Crippen LogP contribution in [0.15, 0.2) is 36.4 Å². The minimum Gasteiger partial charge on any atom is -0.490 e. The van der Waals surface area contributed by atoms with E-state index in [2.05, 4.69) is 10.6 Å². The van der Waals surface area contributed by atoms with Crippen LogP contribution in [0.1, 0.15) is 32.4 Å². The van der Waals surface area contributed by atoms with E-state index in [-0.39, 0.29) is 12.6 Å². The van der Waals surface area contributed by atoms with Crippen molar-refractivity contribution < 1.29 is 33.2 Å². The van der Waals surface area contributed by atoms with E-state index in [0.29, 0.717) is 36.0 Å². The van der Waals surface area contributed by atoms with Crippen LogP contribution in [0.2, 0.25) is 0 Å². The van der Waals surface area contributed by atoms with Crippen LogP contribution in [0.25, 0.3) is 0 Å². The van der Waals surface area contributed by atoms with Crippen molar-refractivity contribution in [2.45, 2.75) is 26.8 Å². The third kappa shape index (κ3) is 6.70. The first-order valence-electron chi connectivity index (χ1n) is 9.62. The summed E-state index contributed by atoms with van der Waals surface area (Å²) in [6.07, 6.45) is 0. The zero-order chi connectivity index (χ0) is 22.1. The normalized spacial score (nSPS) is 11.5. The first kappa shape index (κ1) is 23.1. The summed E-state index contributed by atoms with van der Waals surface area (Å²) in [5.74, 6) is -1.36. The van der Waals surface area contributed by atoms with Crippen molar-refractivity contribution in [3.8, 4) is 11.5 Å². The Morgan fingerprint density at radius 3 is 2.37 bits per heavy atom. The fraction of sp³-hybridized carbons (Fsp3) is 0.333. The number of halogens is 2. The molecule has 2 aromatic carbocycles. The van der Waals surface area contributed by atoms with Crippen LogP contribution < -0.4 is 25.4 Å². The molecule has 0 saturated carbocycles. The minimum atomic E-state index is -0.946. The van der Waals surface area contributed by atoms with Crippen molar-refractivity contribution in [2.75, 3.05) is 25.1 Å². The maximum Gasteiger partial charge on any atom is 0.326 e. The van der Waals surface area contributed by atoms with E-state index in [9.17, 15) is 18.4 Å². The Balaban J connectivity index is 1.87. The van der Waals surface area contributed by atoms with Gasteiger partial charge in [-0.05, 0) is 51.1 Å². The molecule has 9 heteroatoms. The van der Waals surface area contributed by atoms with Gasteiger partial charge in [-0.15, -0.1) is 0 Å². The number of nitrogens with one attached hydrogen (secondary N) is 2. The number of urea groups is 1. The molecule has 30 heavy (non-hydrogen) atoms. The van der Waals surface area contributed by atoms with E-state index < -0.39 is 23.6 Å². The molecule has 0 unspecified atom stereocenters. The molecule has 2 aromatic rings. The molecule has 7 nitrogen and oxygen atoms in total. The number of quaternary nitrogens is 1. The SMILES string of the molecule is CCOc1ccc(NC(=O)NC(=O)C[NH2+][C@H](C)c2ccc(F)c(F)c2)cc1OCC. The highest BCUT2D eigenvalue weighted by Crippen LogP contribution is 2.30. The van der Waals surface area contributed by atoms with Gasteiger partial charge in [-0.3, -0.25) is 10.1 Å². The Morgan fingerprint density at radius 1 is 1.00 bits per heavy atom. The number of hydrogen-bond donors (Lipinski definition) is 3. The van der Waals surface area contributed by atoms with Gasteiger partial charge >= 0.3 is 6.03 Å². The van der Waals surface area contributed by atoms with E-state index in [1.807, 2.05) is 13.8 Å². The van der Waals surface area contributed by atoms with E-state index in [0.717, 1.165) is 12.1 Å². The Morgan fingerprint density at radius 2 is 1.70 bits per heavy atom. The lowest BCUT2D eigenvalue weighted by Crippen LogP contribution is -2.87. The fourth-order valence-electron chi connectivity index (χ4n) is 2.68. The van der Waals surface area contributed by atoms with E-state index in [1.165, 1.54) is 6.07 Å². The lowest BCUT2D eigenvalue weighted by Gasteiger charge is -2.13. The number of anilines is 1. The monoisotopic (exact) mass is 422 g/mol. The van der Waals surface area contributed by atoms with Crippen LogP contribution in [-0.4, -0.2) is 31.7 Å². The van der Waals surface area contributed by atoms with E-state index in [1.54, 1.807) is 30.4 Å². The zero-order valence-corrected chi connectivity index (χ0v) is 17.1. The largest absolute Gasteiger partial charge is 0.490 e. The van der Waals surface area contributed by atoms with Crippen LogP contribution in [-0.2, 0) is 4.79 Å². The average Bonchev–Trinajstić information content (AvgIpc) is 2.70. The summed E-state index contributed by atoms with van der Waals surface area (Å²) in [5.41, 5.74) is 0.968. The quantitative estimate of drug-likeness (QED) is 0.579. The number of rotatable bonds is 9. The molecule has 2 rings (SSSR count). The minimum absolute atomic E-state index is 0.0684. The molecule has 0 aliphatic carbocycles. The summed E-state index contributed by atoms with van der Waals surface area (Å²) in [6, 6.07) is 7.49. The molecule has 0 bridgehead atoms. The van der Waals surface area contributed by atoms with Crippen molar-refractivity contribution in [1.29, 1.82) is 0 Å². The Kier molecular flexibility index (Phi) is 8.54. The highest BCUT2D eigenvalue weighted by Gasteiger charge is 2.16. The molecule has 162 valence electrons. The summed E-state index contributed by atoms with van der Waals surface area (Å²) in [6.45, 7) is 6.27. The van der Waals surface area contributed by atoms with Crippen molar-refractivity contribution in [3.63, 3.8) is 0 Å². The number of carbonyl (C=O) groups excluding carboxylic acids is 2.